The summed E-state index contributed by atoms with van der Waals surface area (Å²) in [6, 6.07) is 7.00. The quantitative estimate of drug-likeness (QED) is 0.453. The highest BCUT2D eigenvalue weighted by molar-refractivity contribution is 5.94. The summed E-state index contributed by atoms with van der Waals surface area (Å²) in [5, 5.41) is 0. The van der Waals surface area contributed by atoms with Crippen molar-refractivity contribution >= 4 is 11.9 Å². The van der Waals surface area contributed by atoms with Gasteiger partial charge in [0, 0.05) is 25.3 Å². The van der Waals surface area contributed by atoms with E-state index in [0.29, 0.717) is 44.0 Å². The van der Waals surface area contributed by atoms with E-state index in [-0.39, 0.29) is 24.4 Å². The van der Waals surface area contributed by atoms with Crippen molar-refractivity contribution in [3.8, 4) is 5.75 Å². The van der Waals surface area contributed by atoms with Gasteiger partial charge in [-0.1, -0.05) is 6.07 Å². The van der Waals surface area contributed by atoms with Crippen LogP contribution in [0.4, 0.5) is 0 Å². The van der Waals surface area contributed by atoms with Crippen molar-refractivity contribution < 1.29 is 23.8 Å². The number of benzene rings is 1. The third-order valence-electron chi connectivity index (χ3n) is 3.52. The predicted octanol–water partition coefficient (Wildman–Crippen LogP) is 2.91. The van der Waals surface area contributed by atoms with Crippen LogP contribution < -0.4 is 4.74 Å². The summed E-state index contributed by atoms with van der Waals surface area (Å²) in [5.41, 5.74) is 0.535. The maximum atomic E-state index is 12.8. The molecule has 140 valence electrons. The van der Waals surface area contributed by atoms with Gasteiger partial charge in [-0.05, 0) is 45.4 Å². The van der Waals surface area contributed by atoms with Crippen LogP contribution >= 0.6 is 0 Å². The zero-order valence-electron chi connectivity index (χ0n) is 15.6. The molecule has 6 heteroatoms. The Labute approximate surface area is 150 Å². The molecule has 0 aromatic heterocycles. The van der Waals surface area contributed by atoms with E-state index in [1.54, 1.807) is 43.2 Å². The van der Waals surface area contributed by atoms with Gasteiger partial charge in [0.15, 0.2) is 0 Å². The van der Waals surface area contributed by atoms with Gasteiger partial charge < -0.3 is 19.1 Å². The van der Waals surface area contributed by atoms with Crippen molar-refractivity contribution in [2.45, 2.75) is 39.7 Å². The van der Waals surface area contributed by atoms with Crippen molar-refractivity contribution in [1.29, 1.82) is 0 Å². The smallest absolute Gasteiger partial charge is 0.307 e. The molecule has 1 amide bonds. The first-order valence-corrected chi connectivity index (χ1v) is 8.68. The van der Waals surface area contributed by atoms with Gasteiger partial charge in [0.1, 0.15) is 5.75 Å². The predicted molar refractivity (Wildman–Crippen MR) is 95.9 cm³/mol. The highest BCUT2D eigenvalue weighted by Crippen LogP contribution is 2.15. The van der Waals surface area contributed by atoms with Gasteiger partial charge in [-0.15, -0.1) is 0 Å². The molecule has 6 nitrogen and oxygen atoms in total. The van der Waals surface area contributed by atoms with Gasteiger partial charge in [-0.25, -0.2) is 0 Å². The summed E-state index contributed by atoms with van der Waals surface area (Å²) in [6.07, 6.45) is 1.03. The summed E-state index contributed by atoms with van der Waals surface area (Å²) in [5.74, 6) is 0.191. The van der Waals surface area contributed by atoms with Crippen LogP contribution in [-0.2, 0) is 14.3 Å². The first-order valence-electron chi connectivity index (χ1n) is 8.68. The first kappa shape index (κ1) is 21.0. The van der Waals surface area contributed by atoms with Crippen LogP contribution in [0.15, 0.2) is 24.3 Å². The van der Waals surface area contributed by atoms with Crippen molar-refractivity contribution in [1.82, 2.24) is 4.90 Å². The van der Waals surface area contributed by atoms with Crippen LogP contribution in [0.5, 0.6) is 5.75 Å². The molecule has 1 rings (SSSR count). The molecule has 0 atom stereocenters. The maximum absolute atomic E-state index is 12.8. The fourth-order valence-electron chi connectivity index (χ4n) is 2.29. The Morgan fingerprint density at radius 2 is 1.96 bits per heavy atom. The number of hydrogen-bond donors (Lipinski definition) is 0. The number of hydrogen-bond acceptors (Lipinski definition) is 5. The highest BCUT2D eigenvalue weighted by atomic mass is 16.5. The van der Waals surface area contributed by atoms with Gasteiger partial charge in [-0.2, -0.15) is 0 Å². The monoisotopic (exact) mass is 351 g/mol. The Kier molecular flexibility index (Phi) is 9.62. The molecule has 0 aliphatic heterocycles. The number of ether oxygens (including phenoxy) is 3. The number of esters is 1. The topological polar surface area (TPSA) is 65.1 Å². The molecular weight excluding hydrogens is 322 g/mol. The van der Waals surface area contributed by atoms with Crippen LogP contribution in [0.25, 0.3) is 0 Å². The fourth-order valence-corrected chi connectivity index (χ4v) is 2.29. The van der Waals surface area contributed by atoms with Gasteiger partial charge in [-0.3, -0.25) is 9.59 Å². The fraction of sp³-hybridized carbons (Fsp3) is 0.579. The molecule has 0 spiro atoms. The minimum absolute atomic E-state index is 0.132. The number of rotatable bonds is 11. The van der Waals surface area contributed by atoms with Crippen molar-refractivity contribution in [2.75, 3.05) is 33.4 Å². The summed E-state index contributed by atoms with van der Waals surface area (Å²) >= 11 is 0. The maximum Gasteiger partial charge on any atom is 0.307 e. The van der Waals surface area contributed by atoms with E-state index in [0.717, 1.165) is 0 Å². The number of methoxy groups -OCH3 is 1. The lowest BCUT2D eigenvalue weighted by molar-refractivity contribution is -0.143. The zero-order chi connectivity index (χ0) is 18.7. The van der Waals surface area contributed by atoms with E-state index in [2.05, 4.69) is 0 Å². The van der Waals surface area contributed by atoms with E-state index in [1.807, 2.05) is 13.8 Å². The molecule has 0 heterocycles. The molecule has 0 bridgehead atoms. The molecule has 25 heavy (non-hydrogen) atoms. The highest BCUT2D eigenvalue weighted by Gasteiger charge is 2.17. The summed E-state index contributed by atoms with van der Waals surface area (Å²) in [4.78, 5) is 26.1. The minimum Gasteiger partial charge on any atom is -0.497 e. The first-order chi connectivity index (χ1) is 12.0. The molecule has 0 saturated heterocycles. The number of amides is 1. The average Bonchev–Trinajstić information content (AvgIpc) is 2.60. The standard InChI is InChI=1S/C19H29NO5/c1-5-24-18(21)10-12-20(11-7-13-25-15(2)3)19(22)16-8-6-9-17(14-16)23-4/h6,8-9,14-15H,5,7,10-13H2,1-4H3. The third kappa shape index (κ3) is 8.03. The van der Waals surface area contributed by atoms with Gasteiger partial charge >= 0.3 is 5.97 Å². The van der Waals surface area contributed by atoms with E-state index in [4.69, 9.17) is 14.2 Å². The van der Waals surface area contributed by atoms with Crippen LogP contribution in [0, 0.1) is 0 Å². The van der Waals surface area contributed by atoms with E-state index in [9.17, 15) is 9.59 Å². The number of carbonyl (C=O) groups excluding carboxylic acids is 2. The lowest BCUT2D eigenvalue weighted by Crippen LogP contribution is -2.34. The van der Waals surface area contributed by atoms with Gasteiger partial charge in [0.2, 0.25) is 0 Å². The number of nitrogens with zero attached hydrogens (tertiary/aromatic N) is 1. The van der Waals surface area contributed by atoms with Crippen molar-refractivity contribution in [2.24, 2.45) is 0 Å². The molecule has 1 aromatic carbocycles. The van der Waals surface area contributed by atoms with E-state index < -0.39 is 0 Å². The Morgan fingerprint density at radius 1 is 1.20 bits per heavy atom. The SMILES string of the molecule is CCOC(=O)CCN(CCCOC(C)C)C(=O)c1cccc(OC)c1. The second kappa shape index (κ2) is 11.5. The van der Waals surface area contributed by atoms with E-state index in [1.165, 1.54) is 0 Å². The van der Waals surface area contributed by atoms with Gasteiger partial charge in [0.05, 0.1) is 26.2 Å². The average molecular weight is 351 g/mol. The lowest BCUT2D eigenvalue weighted by atomic mass is 10.1. The van der Waals surface area contributed by atoms with Gasteiger partial charge in [0.25, 0.3) is 5.91 Å². The molecule has 1 aromatic rings. The lowest BCUT2D eigenvalue weighted by Gasteiger charge is -2.23. The second-order valence-corrected chi connectivity index (χ2v) is 5.85. The number of carbonyl (C=O) groups is 2. The van der Waals surface area contributed by atoms with Crippen molar-refractivity contribution in [3.63, 3.8) is 0 Å². The molecule has 0 aliphatic carbocycles. The van der Waals surface area contributed by atoms with Crippen LogP contribution in [0.3, 0.4) is 0 Å². The Bertz CT molecular complexity index is 544. The van der Waals surface area contributed by atoms with E-state index >= 15 is 0 Å². The molecule has 0 radical (unpaired) electrons. The molecular formula is C19H29NO5. The second-order valence-electron chi connectivity index (χ2n) is 5.85. The molecule has 0 saturated carbocycles. The molecule has 0 N–H and O–H groups in total. The third-order valence-corrected chi connectivity index (χ3v) is 3.52. The summed E-state index contributed by atoms with van der Waals surface area (Å²) < 4.78 is 15.7. The molecule has 0 unspecified atom stereocenters. The van der Waals surface area contributed by atoms with Crippen LogP contribution in [0.1, 0.15) is 44.0 Å². The Morgan fingerprint density at radius 3 is 2.60 bits per heavy atom. The molecule has 0 aliphatic rings. The molecule has 0 fully saturated rings. The van der Waals surface area contributed by atoms with Crippen LogP contribution in [0.2, 0.25) is 0 Å². The largest absolute Gasteiger partial charge is 0.497 e. The Hall–Kier alpha value is -2.08. The Balaban J connectivity index is 2.72. The van der Waals surface area contributed by atoms with Crippen molar-refractivity contribution in [3.05, 3.63) is 29.8 Å². The van der Waals surface area contributed by atoms with Crippen LogP contribution in [-0.4, -0.2) is 56.3 Å². The normalized spacial score (nSPS) is 10.6. The zero-order valence-corrected chi connectivity index (χ0v) is 15.6. The summed E-state index contributed by atoms with van der Waals surface area (Å²) in [6.45, 7) is 7.45. The minimum atomic E-state index is -0.302. The summed E-state index contributed by atoms with van der Waals surface area (Å²) in [7, 11) is 1.56.